The molecule has 4 rings (SSSR count). The largest absolute Gasteiger partial charge is 0.394 e. The Morgan fingerprint density at radius 3 is 2.71 bits per heavy atom. The molecular weight excluding hydrogens is 382 g/mol. The molecule has 2 fully saturated rings. The number of hydrogen-bond acceptors (Lipinski definition) is 9. The summed E-state index contributed by atoms with van der Waals surface area (Å²) in [6, 6.07) is 0.376. The molecule has 2 aromatic rings. The van der Waals surface area contributed by atoms with E-state index >= 15 is 0 Å². The third kappa shape index (κ3) is 3.71. The molecule has 0 amide bonds. The SMILES string of the molecule is CCCSc1nc(NC2CCCC2)c2ncn([C@@H]3O[C@H](CO)C(O)C3O)c2n1. The van der Waals surface area contributed by atoms with Crippen molar-refractivity contribution in [2.75, 3.05) is 17.7 Å². The van der Waals surface area contributed by atoms with Crippen molar-refractivity contribution in [1.29, 1.82) is 0 Å². The highest BCUT2D eigenvalue weighted by Gasteiger charge is 2.44. The standard InChI is InChI=1S/C18H27N5O4S/c1-2-7-28-18-21-15(20-10-5-3-4-6-10)12-16(22-18)23(9-19-12)17-14(26)13(25)11(8-24)27-17/h9-11,13-14,17,24-26H,2-8H2,1H3,(H,20,21,22)/t11-,13?,14?,17-/m1/s1. The molecule has 28 heavy (non-hydrogen) atoms. The van der Waals surface area contributed by atoms with Gasteiger partial charge in [-0.2, -0.15) is 0 Å². The normalized spacial score (nSPS) is 28.4. The van der Waals surface area contributed by atoms with E-state index in [0.717, 1.165) is 25.0 Å². The Kier molecular flexibility index (Phi) is 6.02. The molecule has 0 aromatic carbocycles. The van der Waals surface area contributed by atoms with Crippen molar-refractivity contribution in [3.05, 3.63) is 6.33 Å². The van der Waals surface area contributed by atoms with Crippen LogP contribution in [0.3, 0.4) is 0 Å². The highest BCUT2D eigenvalue weighted by atomic mass is 32.2. The molecule has 1 aliphatic heterocycles. The molecule has 2 aromatic heterocycles. The van der Waals surface area contributed by atoms with E-state index in [0.29, 0.717) is 28.2 Å². The summed E-state index contributed by atoms with van der Waals surface area (Å²) in [6.07, 6.45) is 3.14. The molecule has 154 valence electrons. The van der Waals surface area contributed by atoms with Gasteiger partial charge in [0.05, 0.1) is 12.9 Å². The molecule has 0 bridgehead atoms. The number of ether oxygens (including phenoxy) is 1. The van der Waals surface area contributed by atoms with Crippen molar-refractivity contribution in [3.8, 4) is 0 Å². The lowest BCUT2D eigenvalue weighted by Gasteiger charge is -2.17. The van der Waals surface area contributed by atoms with E-state index in [1.54, 1.807) is 22.7 Å². The highest BCUT2D eigenvalue weighted by Crippen LogP contribution is 2.34. The lowest BCUT2D eigenvalue weighted by molar-refractivity contribution is -0.0511. The second-order valence-corrected chi connectivity index (χ2v) is 8.44. The quantitative estimate of drug-likeness (QED) is 0.395. The van der Waals surface area contributed by atoms with Crippen LogP contribution in [0.4, 0.5) is 5.82 Å². The molecule has 1 saturated carbocycles. The maximum Gasteiger partial charge on any atom is 0.191 e. The molecular formula is C18H27N5O4S. The van der Waals surface area contributed by atoms with Gasteiger partial charge in [0.25, 0.3) is 0 Å². The molecule has 4 N–H and O–H groups in total. The minimum Gasteiger partial charge on any atom is -0.394 e. The second kappa shape index (κ2) is 8.50. The zero-order chi connectivity index (χ0) is 19.7. The fourth-order valence-electron chi connectivity index (χ4n) is 3.81. The van der Waals surface area contributed by atoms with E-state index in [2.05, 4.69) is 27.2 Å². The maximum absolute atomic E-state index is 10.4. The van der Waals surface area contributed by atoms with Crippen molar-refractivity contribution in [2.45, 2.75) is 74.8 Å². The lowest BCUT2D eigenvalue weighted by atomic mass is 10.1. The predicted octanol–water partition coefficient (Wildman–Crippen LogP) is 1.29. The van der Waals surface area contributed by atoms with Gasteiger partial charge in [0.15, 0.2) is 28.4 Å². The monoisotopic (exact) mass is 409 g/mol. The number of rotatable bonds is 7. The summed E-state index contributed by atoms with van der Waals surface area (Å²) < 4.78 is 7.29. The van der Waals surface area contributed by atoms with Crippen molar-refractivity contribution in [1.82, 2.24) is 19.5 Å². The number of aliphatic hydroxyl groups is 3. The summed E-state index contributed by atoms with van der Waals surface area (Å²) in [5.74, 6) is 1.59. The second-order valence-electron chi connectivity index (χ2n) is 7.38. The van der Waals surface area contributed by atoms with E-state index in [9.17, 15) is 15.3 Å². The smallest absolute Gasteiger partial charge is 0.191 e. The highest BCUT2D eigenvalue weighted by molar-refractivity contribution is 7.99. The van der Waals surface area contributed by atoms with Crippen LogP contribution in [0.5, 0.6) is 0 Å². The Morgan fingerprint density at radius 1 is 1.25 bits per heavy atom. The van der Waals surface area contributed by atoms with Crippen LogP contribution in [-0.4, -0.2) is 71.6 Å². The minimum absolute atomic E-state index is 0.373. The molecule has 0 radical (unpaired) electrons. The van der Waals surface area contributed by atoms with E-state index < -0.39 is 24.5 Å². The summed E-state index contributed by atoms with van der Waals surface area (Å²) in [6.45, 7) is 1.73. The predicted molar refractivity (Wildman–Crippen MR) is 105 cm³/mol. The topological polar surface area (TPSA) is 126 Å². The number of aromatic nitrogens is 4. The van der Waals surface area contributed by atoms with Gasteiger partial charge in [-0.05, 0) is 19.3 Å². The van der Waals surface area contributed by atoms with Crippen molar-refractivity contribution in [3.63, 3.8) is 0 Å². The third-order valence-electron chi connectivity index (χ3n) is 5.32. The van der Waals surface area contributed by atoms with Gasteiger partial charge < -0.3 is 25.4 Å². The van der Waals surface area contributed by atoms with Crippen LogP contribution in [0.15, 0.2) is 11.5 Å². The van der Waals surface area contributed by atoms with Crippen LogP contribution >= 0.6 is 11.8 Å². The number of anilines is 1. The average molecular weight is 410 g/mol. The number of imidazole rings is 1. The van der Waals surface area contributed by atoms with Crippen LogP contribution in [0.2, 0.25) is 0 Å². The van der Waals surface area contributed by atoms with E-state index in [1.807, 2.05) is 0 Å². The van der Waals surface area contributed by atoms with Gasteiger partial charge in [-0.3, -0.25) is 4.57 Å². The van der Waals surface area contributed by atoms with Crippen LogP contribution in [0.25, 0.3) is 11.2 Å². The zero-order valence-electron chi connectivity index (χ0n) is 15.9. The minimum atomic E-state index is -1.18. The molecule has 3 heterocycles. The summed E-state index contributed by atoms with van der Waals surface area (Å²) in [4.78, 5) is 13.8. The Morgan fingerprint density at radius 2 is 2.04 bits per heavy atom. The molecule has 1 saturated heterocycles. The van der Waals surface area contributed by atoms with Gasteiger partial charge in [0, 0.05) is 11.8 Å². The number of thioether (sulfide) groups is 1. The zero-order valence-corrected chi connectivity index (χ0v) is 16.7. The van der Waals surface area contributed by atoms with Gasteiger partial charge in [0.1, 0.15) is 18.3 Å². The fourth-order valence-corrected chi connectivity index (χ4v) is 4.51. The van der Waals surface area contributed by atoms with Gasteiger partial charge in [-0.15, -0.1) is 0 Å². The first-order valence-corrected chi connectivity index (χ1v) is 10.9. The molecule has 1 aliphatic carbocycles. The summed E-state index contributed by atoms with van der Waals surface area (Å²) >= 11 is 1.57. The summed E-state index contributed by atoms with van der Waals surface area (Å²) in [5, 5.41) is 34.0. The number of hydrogen-bond donors (Lipinski definition) is 4. The van der Waals surface area contributed by atoms with Gasteiger partial charge in [0.2, 0.25) is 0 Å². The Bertz CT molecular complexity index is 813. The molecule has 4 atom stereocenters. The molecule has 10 heteroatoms. The Balaban J connectivity index is 1.71. The Hall–Kier alpha value is -1.46. The van der Waals surface area contributed by atoms with Crippen molar-refractivity contribution < 1.29 is 20.1 Å². The number of aliphatic hydroxyl groups excluding tert-OH is 3. The van der Waals surface area contributed by atoms with Crippen molar-refractivity contribution >= 4 is 28.7 Å². The molecule has 2 unspecified atom stereocenters. The first kappa shape index (κ1) is 19.8. The van der Waals surface area contributed by atoms with Gasteiger partial charge in [-0.1, -0.05) is 31.5 Å². The first-order valence-electron chi connectivity index (χ1n) is 9.88. The third-order valence-corrected chi connectivity index (χ3v) is 6.38. The van der Waals surface area contributed by atoms with Gasteiger partial charge >= 0.3 is 0 Å². The Labute approximate surface area is 167 Å². The molecule has 0 spiro atoms. The van der Waals surface area contributed by atoms with Crippen LogP contribution in [-0.2, 0) is 4.74 Å². The van der Waals surface area contributed by atoms with Crippen molar-refractivity contribution in [2.24, 2.45) is 0 Å². The van der Waals surface area contributed by atoms with Gasteiger partial charge in [-0.25, -0.2) is 15.0 Å². The summed E-state index contributed by atoms with van der Waals surface area (Å²) in [5.41, 5.74) is 1.16. The maximum atomic E-state index is 10.4. The lowest BCUT2D eigenvalue weighted by Crippen LogP contribution is -2.33. The van der Waals surface area contributed by atoms with E-state index in [1.165, 1.54) is 12.8 Å². The van der Waals surface area contributed by atoms with Crippen LogP contribution in [0.1, 0.15) is 45.3 Å². The molecule has 2 aliphatic rings. The average Bonchev–Trinajstić information content (AvgIpc) is 3.41. The first-order chi connectivity index (χ1) is 13.6. The number of nitrogens with one attached hydrogen (secondary N) is 1. The fraction of sp³-hybridized carbons (Fsp3) is 0.722. The van der Waals surface area contributed by atoms with E-state index in [4.69, 9.17) is 4.74 Å². The number of fused-ring (bicyclic) bond motifs is 1. The summed E-state index contributed by atoms with van der Waals surface area (Å²) in [7, 11) is 0. The molecule has 9 nitrogen and oxygen atoms in total. The number of nitrogens with zero attached hydrogens (tertiary/aromatic N) is 4. The van der Waals surface area contributed by atoms with Crippen LogP contribution < -0.4 is 5.32 Å². The van der Waals surface area contributed by atoms with Crippen LogP contribution in [0, 0.1) is 0 Å². The van der Waals surface area contributed by atoms with E-state index in [-0.39, 0.29) is 6.61 Å².